The van der Waals surface area contributed by atoms with Gasteiger partial charge >= 0.3 is 0 Å². The van der Waals surface area contributed by atoms with Crippen molar-refractivity contribution in [1.29, 1.82) is 0 Å². The summed E-state index contributed by atoms with van der Waals surface area (Å²) in [5.74, 6) is 0.392. The molecule has 0 bridgehead atoms. The van der Waals surface area contributed by atoms with Gasteiger partial charge in [0.05, 0.1) is 6.10 Å². The average Bonchev–Trinajstić information content (AvgIpc) is 3.06. The van der Waals surface area contributed by atoms with E-state index in [1.54, 1.807) is 0 Å². The summed E-state index contributed by atoms with van der Waals surface area (Å²) in [5.41, 5.74) is 4.63. The molecule has 0 spiro atoms. The van der Waals surface area contributed by atoms with Gasteiger partial charge in [0.25, 0.3) is 0 Å². The van der Waals surface area contributed by atoms with Gasteiger partial charge in [-0.1, -0.05) is 36.4 Å². The lowest BCUT2D eigenvalue weighted by molar-refractivity contribution is 0.0676. The van der Waals surface area contributed by atoms with Crippen molar-refractivity contribution in [2.24, 2.45) is 0 Å². The standard InChI is InChI=1S/C21H27NO2/c1-16-11-19(21(23)12-17(16)2)14-22(15-20-9-6-10-24-20)13-18-7-4-3-5-8-18/h3-5,7-8,11-12,20,23H,6,9-10,13-15H2,1-2H3. The molecule has 1 aliphatic rings. The SMILES string of the molecule is Cc1cc(O)c(CN(Cc2ccccc2)CC2CCCO2)cc1C. The van der Waals surface area contributed by atoms with Crippen molar-refractivity contribution in [2.75, 3.05) is 13.2 Å². The Morgan fingerprint density at radius 3 is 2.54 bits per heavy atom. The van der Waals surface area contributed by atoms with E-state index >= 15 is 0 Å². The first-order valence-electron chi connectivity index (χ1n) is 8.79. The minimum atomic E-state index is 0.308. The van der Waals surface area contributed by atoms with Crippen molar-refractivity contribution in [3.05, 3.63) is 64.7 Å². The lowest BCUT2D eigenvalue weighted by Gasteiger charge is -2.26. The summed E-state index contributed by atoms with van der Waals surface area (Å²) in [5, 5.41) is 10.3. The highest BCUT2D eigenvalue weighted by Crippen LogP contribution is 2.25. The minimum absolute atomic E-state index is 0.308. The maximum Gasteiger partial charge on any atom is 0.120 e. The molecule has 1 heterocycles. The molecule has 0 aromatic heterocycles. The zero-order chi connectivity index (χ0) is 16.9. The molecule has 2 aromatic rings. The maximum absolute atomic E-state index is 10.3. The van der Waals surface area contributed by atoms with Gasteiger partial charge in [0, 0.05) is 31.8 Å². The Balaban J connectivity index is 1.77. The fourth-order valence-electron chi connectivity index (χ4n) is 3.33. The molecule has 3 heteroatoms. The van der Waals surface area contributed by atoms with Crippen LogP contribution in [-0.4, -0.2) is 29.3 Å². The van der Waals surface area contributed by atoms with Crippen LogP contribution in [0.4, 0.5) is 0 Å². The first-order valence-corrected chi connectivity index (χ1v) is 8.79. The van der Waals surface area contributed by atoms with Gasteiger partial charge in [-0.2, -0.15) is 0 Å². The van der Waals surface area contributed by atoms with Crippen molar-refractivity contribution in [2.45, 2.75) is 45.9 Å². The van der Waals surface area contributed by atoms with Crippen LogP contribution in [0.5, 0.6) is 5.75 Å². The van der Waals surface area contributed by atoms with Crippen LogP contribution >= 0.6 is 0 Å². The molecule has 1 atom stereocenters. The number of hydrogen-bond donors (Lipinski definition) is 1. The highest BCUT2D eigenvalue weighted by Gasteiger charge is 2.20. The summed E-state index contributed by atoms with van der Waals surface area (Å²) in [7, 11) is 0. The Labute approximate surface area is 144 Å². The number of phenolic OH excluding ortho intramolecular Hbond substituents is 1. The van der Waals surface area contributed by atoms with Gasteiger partial charge in [-0.05, 0) is 49.4 Å². The second-order valence-electron chi connectivity index (χ2n) is 6.86. The highest BCUT2D eigenvalue weighted by atomic mass is 16.5. The fourth-order valence-corrected chi connectivity index (χ4v) is 3.33. The Morgan fingerprint density at radius 2 is 1.83 bits per heavy atom. The molecule has 3 rings (SSSR count). The molecule has 128 valence electrons. The number of nitrogens with zero attached hydrogens (tertiary/aromatic N) is 1. The molecule has 0 radical (unpaired) electrons. The van der Waals surface area contributed by atoms with Crippen molar-refractivity contribution >= 4 is 0 Å². The Kier molecular flexibility index (Phi) is 5.54. The maximum atomic E-state index is 10.3. The molecule has 1 unspecified atom stereocenters. The average molecular weight is 325 g/mol. The first-order chi connectivity index (χ1) is 11.6. The lowest BCUT2D eigenvalue weighted by atomic mass is 10.0. The second-order valence-corrected chi connectivity index (χ2v) is 6.86. The number of benzene rings is 2. The van der Waals surface area contributed by atoms with E-state index in [2.05, 4.69) is 42.2 Å². The number of aromatic hydroxyl groups is 1. The molecule has 0 amide bonds. The van der Waals surface area contributed by atoms with E-state index in [-0.39, 0.29) is 0 Å². The van der Waals surface area contributed by atoms with E-state index in [9.17, 15) is 5.11 Å². The topological polar surface area (TPSA) is 32.7 Å². The van der Waals surface area contributed by atoms with Crippen molar-refractivity contribution < 1.29 is 9.84 Å². The lowest BCUT2D eigenvalue weighted by Crippen LogP contribution is -2.31. The van der Waals surface area contributed by atoms with Gasteiger partial charge in [0.2, 0.25) is 0 Å². The molecule has 1 saturated heterocycles. The van der Waals surface area contributed by atoms with E-state index < -0.39 is 0 Å². The summed E-state index contributed by atoms with van der Waals surface area (Å²) in [6.07, 6.45) is 2.59. The van der Waals surface area contributed by atoms with Crippen LogP contribution in [0.1, 0.15) is 35.1 Å². The summed E-state index contributed by atoms with van der Waals surface area (Å²) in [4.78, 5) is 2.38. The van der Waals surface area contributed by atoms with Crippen molar-refractivity contribution in [1.82, 2.24) is 4.90 Å². The zero-order valence-electron chi connectivity index (χ0n) is 14.7. The third-order valence-electron chi connectivity index (χ3n) is 4.82. The van der Waals surface area contributed by atoms with Crippen molar-refractivity contribution in [3.63, 3.8) is 0 Å². The van der Waals surface area contributed by atoms with Gasteiger partial charge in [-0.15, -0.1) is 0 Å². The summed E-state index contributed by atoms with van der Waals surface area (Å²) in [6, 6.07) is 14.5. The molecule has 24 heavy (non-hydrogen) atoms. The number of phenols is 1. The molecule has 2 aromatic carbocycles. The van der Waals surface area contributed by atoms with Crippen LogP contribution in [0.2, 0.25) is 0 Å². The van der Waals surface area contributed by atoms with Gasteiger partial charge in [-0.25, -0.2) is 0 Å². The minimum Gasteiger partial charge on any atom is -0.508 e. The molecular formula is C21H27NO2. The highest BCUT2D eigenvalue weighted by molar-refractivity contribution is 5.40. The molecule has 1 aliphatic heterocycles. The molecular weight excluding hydrogens is 298 g/mol. The van der Waals surface area contributed by atoms with E-state index in [4.69, 9.17) is 4.74 Å². The summed E-state index contributed by atoms with van der Waals surface area (Å²) < 4.78 is 5.83. The fraction of sp³-hybridized carbons (Fsp3) is 0.429. The van der Waals surface area contributed by atoms with Crippen molar-refractivity contribution in [3.8, 4) is 5.75 Å². The quantitative estimate of drug-likeness (QED) is 0.864. The van der Waals surface area contributed by atoms with Gasteiger partial charge < -0.3 is 9.84 Å². The number of rotatable bonds is 6. The molecule has 1 fully saturated rings. The number of aryl methyl sites for hydroxylation is 2. The zero-order valence-corrected chi connectivity index (χ0v) is 14.7. The molecule has 3 nitrogen and oxygen atoms in total. The van der Waals surface area contributed by atoms with E-state index in [1.807, 2.05) is 19.1 Å². The van der Waals surface area contributed by atoms with Crippen LogP contribution in [0.15, 0.2) is 42.5 Å². The molecule has 1 N–H and O–H groups in total. The largest absolute Gasteiger partial charge is 0.508 e. The van der Waals surface area contributed by atoms with Gasteiger partial charge in [0.15, 0.2) is 0 Å². The predicted octanol–water partition coefficient (Wildman–Crippen LogP) is 4.19. The summed E-state index contributed by atoms with van der Waals surface area (Å²) >= 11 is 0. The Morgan fingerprint density at radius 1 is 1.08 bits per heavy atom. The van der Waals surface area contributed by atoms with Crippen LogP contribution in [0, 0.1) is 13.8 Å². The normalized spacial score (nSPS) is 17.5. The third kappa shape index (κ3) is 4.37. The predicted molar refractivity (Wildman–Crippen MR) is 97.1 cm³/mol. The van der Waals surface area contributed by atoms with Gasteiger partial charge in [-0.3, -0.25) is 4.90 Å². The first kappa shape index (κ1) is 17.0. The van der Waals surface area contributed by atoms with Gasteiger partial charge in [0.1, 0.15) is 5.75 Å². The molecule has 0 aliphatic carbocycles. The van der Waals surface area contributed by atoms with Crippen LogP contribution in [-0.2, 0) is 17.8 Å². The number of hydrogen-bond acceptors (Lipinski definition) is 3. The molecule has 0 saturated carbocycles. The van der Waals surface area contributed by atoms with E-state index in [0.717, 1.165) is 50.2 Å². The third-order valence-corrected chi connectivity index (χ3v) is 4.82. The summed E-state index contributed by atoms with van der Waals surface area (Å²) in [6.45, 7) is 7.52. The van der Waals surface area contributed by atoms with E-state index in [1.165, 1.54) is 11.1 Å². The Bertz CT molecular complexity index is 663. The van der Waals surface area contributed by atoms with E-state index in [0.29, 0.717) is 11.9 Å². The number of ether oxygens (including phenoxy) is 1. The second kappa shape index (κ2) is 7.82. The smallest absolute Gasteiger partial charge is 0.120 e. The monoisotopic (exact) mass is 325 g/mol. The van der Waals surface area contributed by atoms with Crippen LogP contribution < -0.4 is 0 Å². The van der Waals surface area contributed by atoms with Crippen LogP contribution in [0.3, 0.4) is 0 Å². The Hall–Kier alpha value is -1.84. The van der Waals surface area contributed by atoms with Crippen LogP contribution in [0.25, 0.3) is 0 Å².